The van der Waals surface area contributed by atoms with E-state index in [0.717, 1.165) is 18.5 Å². The number of aromatic nitrogens is 2. The quantitative estimate of drug-likeness (QED) is 0.851. The van der Waals surface area contributed by atoms with E-state index in [0.29, 0.717) is 17.5 Å². The number of rotatable bonds is 2. The van der Waals surface area contributed by atoms with Crippen molar-refractivity contribution in [2.45, 2.75) is 45.6 Å². The maximum atomic E-state index is 12.0. The summed E-state index contributed by atoms with van der Waals surface area (Å²) in [6, 6.07) is -0.221. The Labute approximate surface area is 119 Å². The first-order valence-electron chi connectivity index (χ1n) is 6.86. The Morgan fingerprint density at radius 2 is 2.00 bits per heavy atom. The average Bonchev–Trinajstić information content (AvgIpc) is 2.65. The fourth-order valence-corrected chi connectivity index (χ4v) is 2.13. The summed E-state index contributed by atoms with van der Waals surface area (Å²) in [4.78, 5) is 22.6. The minimum atomic E-state index is -0.221. The van der Waals surface area contributed by atoms with Crippen molar-refractivity contribution in [1.82, 2.24) is 14.9 Å². The highest BCUT2D eigenvalue weighted by atomic mass is 16.2. The molecule has 0 saturated carbocycles. The van der Waals surface area contributed by atoms with Gasteiger partial charge < -0.3 is 16.0 Å². The number of nitrogens with two attached hydrogens (primary N) is 1. The van der Waals surface area contributed by atoms with Gasteiger partial charge in [0, 0.05) is 24.6 Å². The van der Waals surface area contributed by atoms with Gasteiger partial charge in [0.2, 0.25) is 5.91 Å². The minimum Gasteiger partial charge on any atom is -0.383 e. The van der Waals surface area contributed by atoms with Gasteiger partial charge in [-0.25, -0.2) is 9.97 Å². The van der Waals surface area contributed by atoms with Crippen molar-refractivity contribution in [3.8, 4) is 0 Å². The van der Waals surface area contributed by atoms with Crippen LogP contribution in [0.15, 0.2) is 0 Å². The van der Waals surface area contributed by atoms with Crippen molar-refractivity contribution < 1.29 is 4.79 Å². The molecule has 0 radical (unpaired) electrons. The van der Waals surface area contributed by atoms with Crippen LogP contribution in [0.5, 0.6) is 0 Å². The number of amides is 1. The van der Waals surface area contributed by atoms with Gasteiger partial charge in [0.25, 0.3) is 0 Å². The Morgan fingerprint density at radius 1 is 1.35 bits per heavy atom. The van der Waals surface area contributed by atoms with Crippen LogP contribution in [0, 0.1) is 6.92 Å². The summed E-state index contributed by atoms with van der Waals surface area (Å²) in [6.45, 7) is 8.75. The van der Waals surface area contributed by atoms with Crippen LogP contribution in [-0.2, 0) is 10.2 Å². The molecule has 2 heterocycles. The zero-order chi connectivity index (χ0) is 15.1. The predicted octanol–water partition coefficient (Wildman–Crippen LogP) is 1.31. The van der Waals surface area contributed by atoms with E-state index in [4.69, 9.17) is 5.73 Å². The van der Waals surface area contributed by atoms with Gasteiger partial charge >= 0.3 is 0 Å². The van der Waals surface area contributed by atoms with Gasteiger partial charge in [-0.15, -0.1) is 0 Å². The summed E-state index contributed by atoms with van der Waals surface area (Å²) in [5.41, 5.74) is 6.57. The second kappa shape index (κ2) is 4.92. The van der Waals surface area contributed by atoms with Crippen LogP contribution >= 0.6 is 0 Å². The fraction of sp³-hybridized carbons (Fsp3) is 0.643. The topological polar surface area (TPSA) is 84.1 Å². The van der Waals surface area contributed by atoms with E-state index >= 15 is 0 Å². The van der Waals surface area contributed by atoms with Crippen LogP contribution in [0.3, 0.4) is 0 Å². The molecule has 1 fully saturated rings. The second-order valence-corrected chi connectivity index (χ2v) is 6.40. The monoisotopic (exact) mass is 277 g/mol. The van der Waals surface area contributed by atoms with E-state index in [2.05, 4.69) is 15.3 Å². The molecule has 1 saturated heterocycles. The zero-order valence-corrected chi connectivity index (χ0v) is 12.8. The summed E-state index contributed by atoms with van der Waals surface area (Å²) in [7, 11) is 1.81. The van der Waals surface area contributed by atoms with Crippen LogP contribution in [-0.4, -0.2) is 40.4 Å². The number of hydrogen-bond acceptors (Lipinski definition) is 5. The van der Waals surface area contributed by atoms with Gasteiger partial charge in [0.1, 0.15) is 23.5 Å². The van der Waals surface area contributed by atoms with Crippen LogP contribution in [0.1, 0.15) is 38.6 Å². The molecule has 0 aromatic carbocycles. The van der Waals surface area contributed by atoms with E-state index in [1.807, 2.05) is 34.7 Å². The highest BCUT2D eigenvalue weighted by Gasteiger charge is 2.30. The van der Waals surface area contributed by atoms with Crippen molar-refractivity contribution in [2.75, 3.05) is 24.6 Å². The molecular formula is C14H23N5O. The third-order valence-electron chi connectivity index (χ3n) is 3.59. The number of likely N-dealkylation sites (tertiary alicyclic amines) is 1. The molecule has 1 atom stereocenters. The summed E-state index contributed by atoms with van der Waals surface area (Å²) in [5.74, 6) is 1.91. The minimum absolute atomic E-state index is 0.0962. The normalized spacial score (nSPS) is 19.6. The number of nitrogens with one attached hydrogen (secondary N) is 1. The summed E-state index contributed by atoms with van der Waals surface area (Å²) < 4.78 is 0. The third kappa shape index (κ3) is 2.69. The molecule has 2 rings (SSSR count). The predicted molar refractivity (Wildman–Crippen MR) is 79.5 cm³/mol. The molecule has 110 valence electrons. The van der Waals surface area contributed by atoms with Crippen LogP contribution in [0.4, 0.5) is 11.6 Å². The molecule has 1 aromatic heterocycles. The molecule has 6 nitrogen and oxygen atoms in total. The maximum Gasteiger partial charge on any atom is 0.244 e. The first-order chi connectivity index (χ1) is 9.20. The Kier molecular flexibility index (Phi) is 3.58. The van der Waals surface area contributed by atoms with Crippen LogP contribution in [0.2, 0.25) is 0 Å². The first-order valence-corrected chi connectivity index (χ1v) is 6.86. The van der Waals surface area contributed by atoms with Crippen molar-refractivity contribution in [2.24, 2.45) is 0 Å². The van der Waals surface area contributed by atoms with Gasteiger partial charge in [-0.2, -0.15) is 0 Å². The van der Waals surface area contributed by atoms with Gasteiger partial charge in [-0.05, 0) is 13.3 Å². The highest BCUT2D eigenvalue weighted by molar-refractivity contribution is 5.86. The summed E-state index contributed by atoms with van der Waals surface area (Å²) in [6.07, 6.45) is 0.781. The maximum absolute atomic E-state index is 12.0. The fourth-order valence-electron chi connectivity index (χ4n) is 2.13. The number of carbonyl (C=O) groups excluding carboxylic acids is 1. The number of hydrogen-bond donors (Lipinski definition) is 2. The molecule has 1 aromatic rings. The van der Waals surface area contributed by atoms with E-state index in [-0.39, 0.29) is 17.4 Å². The summed E-state index contributed by atoms with van der Waals surface area (Å²) >= 11 is 0. The van der Waals surface area contributed by atoms with E-state index in [9.17, 15) is 4.79 Å². The number of anilines is 2. The lowest BCUT2D eigenvalue weighted by molar-refractivity contribution is -0.127. The molecule has 0 spiro atoms. The van der Waals surface area contributed by atoms with Crippen molar-refractivity contribution in [1.29, 1.82) is 0 Å². The average molecular weight is 277 g/mol. The smallest absolute Gasteiger partial charge is 0.244 e. The molecule has 1 amide bonds. The molecular weight excluding hydrogens is 254 g/mol. The van der Waals surface area contributed by atoms with Crippen molar-refractivity contribution in [3.63, 3.8) is 0 Å². The van der Waals surface area contributed by atoms with Crippen LogP contribution < -0.4 is 11.1 Å². The molecule has 1 aliphatic heterocycles. The Morgan fingerprint density at radius 3 is 2.50 bits per heavy atom. The number of likely N-dealkylation sites (N-methyl/N-ethyl adjacent to an activating group) is 1. The molecule has 6 heteroatoms. The molecule has 1 unspecified atom stereocenters. The Bertz CT molecular complexity index is 535. The lowest BCUT2D eigenvalue weighted by Crippen LogP contribution is -2.32. The molecule has 20 heavy (non-hydrogen) atoms. The number of carbonyl (C=O) groups is 1. The van der Waals surface area contributed by atoms with Gasteiger partial charge in [0.15, 0.2) is 0 Å². The molecule has 3 N–H and O–H groups in total. The van der Waals surface area contributed by atoms with Gasteiger partial charge in [0.05, 0.1) is 0 Å². The van der Waals surface area contributed by atoms with E-state index in [1.165, 1.54) is 0 Å². The molecule has 0 aliphatic carbocycles. The largest absolute Gasteiger partial charge is 0.383 e. The Hall–Kier alpha value is -1.85. The van der Waals surface area contributed by atoms with E-state index in [1.54, 1.807) is 4.90 Å². The highest BCUT2D eigenvalue weighted by Crippen LogP contribution is 2.26. The lowest BCUT2D eigenvalue weighted by Gasteiger charge is -2.21. The third-order valence-corrected chi connectivity index (χ3v) is 3.59. The van der Waals surface area contributed by atoms with E-state index < -0.39 is 0 Å². The summed E-state index contributed by atoms with van der Waals surface area (Å²) in [5, 5.41) is 3.22. The van der Waals surface area contributed by atoms with Crippen molar-refractivity contribution >= 4 is 17.5 Å². The number of nitrogens with zero attached hydrogens (tertiary/aromatic N) is 3. The molecule has 1 aliphatic rings. The zero-order valence-electron chi connectivity index (χ0n) is 12.8. The Balaban J connectivity index is 2.32. The first kappa shape index (κ1) is 14.6. The van der Waals surface area contributed by atoms with Crippen LogP contribution in [0.25, 0.3) is 0 Å². The number of nitrogen functional groups attached to an aromatic ring is 1. The standard InChI is InChI=1S/C14H23N5O/c1-8-10(15)17-13(14(2,3)4)18-11(8)16-9-6-7-19(5)12(9)20/h9H,6-7H2,1-5H3,(H3,15,16,17,18). The van der Waals surface area contributed by atoms with Gasteiger partial charge in [-0.1, -0.05) is 20.8 Å². The SMILES string of the molecule is Cc1c(N)nc(C(C)(C)C)nc1NC1CCN(C)C1=O. The van der Waals surface area contributed by atoms with Gasteiger partial charge in [-0.3, -0.25) is 4.79 Å². The lowest BCUT2D eigenvalue weighted by atomic mass is 9.95. The second-order valence-electron chi connectivity index (χ2n) is 6.40. The van der Waals surface area contributed by atoms with Crippen molar-refractivity contribution in [3.05, 3.63) is 11.4 Å². The molecule has 0 bridgehead atoms.